The number of alkyl halides is 3. The zero-order chi connectivity index (χ0) is 36.6. The summed E-state index contributed by atoms with van der Waals surface area (Å²) in [5.74, 6) is -3.49. The van der Waals surface area contributed by atoms with E-state index in [1.54, 1.807) is 20.8 Å². The van der Waals surface area contributed by atoms with Gasteiger partial charge in [0.25, 0.3) is 15.7 Å². The summed E-state index contributed by atoms with van der Waals surface area (Å²) in [6, 6.07) is 5.48. The number of aromatic nitrogens is 2. The average Bonchev–Trinajstić information content (AvgIpc) is 3.65. The molecule has 2 fully saturated rings. The Bertz CT molecular complexity index is 1900. The number of hydrogen-bond donors (Lipinski definition) is 2. The number of sulfone groups is 1. The van der Waals surface area contributed by atoms with Gasteiger partial charge in [-0.05, 0) is 88.1 Å². The zero-order valence-electron chi connectivity index (χ0n) is 27.6. The van der Waals surface area contributed by atoms with E-state index in [1.165, 1.54) is 31.6 Å². The highest BCUT2D eigenvalue weighted by atomic mass is 32.2. The van der Waals surface area contributed by atoms with E-state index in [9.17, 15) is 36.0 Å². The number of aryl methyl sites for hydroxylation is 1. The van der Waals surface area contributed by atoms with Crippen molar-refractivity contribution in [3.05, 3.63) is 65.7 Å². The van der Waals surface area contributed by atoms with Gasteiger partial charge in [-0.25, -0.2) is 22.8 Å². The molecule has 2 saturated carbocycles. The monoisotopic (exact) mass is 720 g/mol. The van der Waals surface area contributed by atoms with Crippen LogP contribution in [0, 0.1) is 23.6 Å². The third kappa shape index (κ3) is 7.90. The van der Waals surface area contributed by atoms with Crippen molar-refractivity contribution in [1.82, 2.24) is 15.3 Å². The Hall–Kier alpha value is -4.60. The number of methoxy groups -OCH3 is 1. The van der Waals surface area contributed by atoms with Crippen LogP contribution in [0.1, 0.15) is 62.4 Å². The number of ether oxygens (including phenoxy) is 2. The summed E-state index contributed by atoms with van der Waals surface area (Å²) in [6.07, 6.45) is 5.31. The predicted octanol–water partition coefficient (Wildman–Crippen LogP) is 5.64. The number of nitrogens with one attached hydrogen (secondary N) is 2. The number of anilines is 1. The van der Waals surface area contributed by atoms with E-state index in [-0.39, 0.29) is 52.6 Å². The molecular formula is C34H36F4N4O7S. The highest BCUT2D eigenvalue weighted by Gasteiger charge is 2.52. The fraction of sp³-hybridized carbons (Fsp3) is 0.441. The number of nitrogens with zero attached hydrogens (tertiary/aromatic N) is 2. The first-order valence-corrected chi connectivity index (χ1v) is 17.3. The maximum absolute atomic E-state index is 15.2. The van der Waals surface area contributed by atoms with Gasteiger partial charge in [0.05, 0.1) is 29.1 Å². The fourth-order valence-electron chi connectivity index (χ4n) is 6.54. The maximum Gasteiger partial charge on any atom is 0.501 e. The molecule has 1 heterocycles. The minimum absolute atomic E-state index is 0.0211. The lowest BCUT2D eigenvalue weighted by Gasteiger charge is -2.31. The van der Waals surface area contributed by atoms with E-state index < -0.39 is 55.4 Å². The minimum atomic E-state index is -5.64. The summed E-state index contributed by atoms with van der Waals surface area (Å²) >= 11 is 0. The molecule has 0 unspecified atom stereocenters. The van der Waals surface area contributed by atoms with Crippen molar-refractivity contribution in [3.63, 3.8) is 0 Å². The number of carbonyl (C=O) groups excluding carboxylic acids is 3. The van der Waals surface area contributed by atoms with E-state index in [0.29, 0.717) is 24.8 Å². The Morgan fingerprint density at radius 3 is 2.32 bits per heavy atom. The molecular weight excluding hydrogens is 684 g/mol. The van der Waals surface area contributed by atoms with Crippen LogP contribution in [-0.2, 0) is 30.6 Å². The van der Waals surface area contributed by atoms with Crippen LogP contribution in [0.3, 0.4) is 0 Å². The average molecular weight is 721 g/mol. The molecule has 2 aliphatic rings. The lowest BCUT2D eigenvalue weighted by molar-refractivity contribution is -0.154. The number of amides is 2. The fourth-order valence-corrected chi connectivity index (χ4v) is 7.35. The molecule has 5 rings (SSSR count). The number of fused-ring (bicyclic) bond motifs is 2. The Labute approximate surface area is 286 Å². The van der Waals surface area contributed by atoms with Crippen LogP contribution in [0.15, 0.2) is 53.7 Å². The largest absolute Gasteiger partial charge is 0.501 e. The van der Waals surface area contributed by atoms with E-state index >= 15 is 4.39 Å². The van der Waals surface area contributed by atoms with Crippen molar-refractivity contribution in [3.8, 4) is 17.1 Å². The molecule has 50 heavy (non-hydrogen) atoms. The smallest absolute Gasteiger partial charge is 0.496 e. The number of carbonyl (C=O) groups is 3. The molecule has 2 aromatic carbocycles. The van der Waals surface area contributed by atoms with Crippen molar-refractivity contribution in [2.45, 2.75) is 74.9 Å². The first-order chi connectivity index (χ1) is 23.4. The molecule has 2 aliphatic carbocycles. The van der Waals surface area contributed by atoms with E-state index in [2.05, 4.69) is 20.6 Å². The molecule has 4 atom stereocenters. The summed E-state index contributed by atoms with van der Waals surface area (Å²) in [7, 11) is -4.37. The summed E-state index contributed by atoms with van der Waals surface area (Å²) in [5, 5.41) is 5.42. The molecule has 1 aromatic heterocycles. The van der Waals surface area contributed by atoms with Gasteiger partial charge in [-0.15, -0.1) is 0 Å². The van der Waals surface area contributed by atoms with Crippen LogP contribution in [0.25, 0.3) is 11.4 Å². The Morgan fingerprint density at radius 2 is 1.68 bits per heavy atom. The van der Waals surface area contributed by atoms with Gasteiger partial charge in [0.15, 0.2) is 5.82 Å². The Kier molecular flexibility index (Phi) is 10.2. The lowest BCUT2D eigenvalue weighted by atomic mass is 9.83. The molecule has 0 spiro atoms. The number of esters is 1. The van der Waals surface area contributed by atoms with E-state index in [1.807, 2.05) is 0 Å². The van der Waals surface area contributed by atoms with Crippen molar-refractivity contribution < 1.29 is 49.8 Å². The van der Waals surface area contributed by atoms with E-state index in [0.717, 1.165) is 30.7 Å². The molecule has 3 aromatic rings. The van der Waals surface area contributed by atoms with Crippen LogP contribution >= 0.6 is 0 Å². The topological polar surface area (TPSA) is 154 Å². The number of halogens is 4. The molecule has 268 valence electrons. The lowest BCUT2D eigenvalue weighted by Crippen LogP contribution is -2.48. The Morgan fingerprint density at radius 1 is 1.00 bits per heavy atom. The van der Waals surface area contributed by atoms with Gasteiger partial charge >= 0.3 is 11.5 Å². The third-order valence-electron chi connectivity index (χ3n) is 8.75. The number of hydrogen-bond acceptors (Lipinski definition) is 9. The standard InChI is InChI=1S/C34H36F4N4O7S/c1-33(2,3)49-27(43)11-8-18-16-39-30(40-17-18)23-14-24(26(48-4)15-25(23)35)31(44)42-29-20-10-9-19(12-20)28(29)32(45)41-21-6-5-7-22(13-21)50(46,47)34(36,37)38/h5-7,13-17,19-20,28-29H,8-12H2,1-4H3,(H,41,45)(H,42,44)/t19-,20+,28+,29-/m1/s1. The van der Waals surface area contributed by atoms with Crippen LogP contribution < -0.4 is 15.4 Å². The highest BCUT2D eigenvalue weighted by molar-refractivity contribution is 7.92. The summed E-state index contributed by atoms with van der Waals surface area (Å²) < 4.78 is 89.0. The number of rotatable bonds is 10. The molecule has 16 heteroatoms. The van der Waals surface area contributed by atoms with Gasteiger partial charge < -0.3 is 20.1 Å². The molecule has 0 aliphatic heterocycles. The number of benzene rings is 2. The third-order valence-corrected chi connectivity index (χ3v) is 10.2. The molecule has 0 radical (unpaired) electrons. The van der Waals surface area contributed by atoms with Gasteiger partial charge in [0.1, 0.15) is 17.2 Å². The van der Waals surface area contributed by atoms with Crippen LogP contribution in [-0.4, -0.2) is 60.4 Å². The van der Waals surface area contributed by atoms with Gasteiger partial charge in [-0.3, -0.25) is 14.4 Å². The van der Waals surface area contributed by atoms with Crippen molar-refractivity contribution in [1.29, 1.82) is 0 Å². The van der Waals surface area contributed by atoms with Crippen molar-refractivity contribution in [2.24, 2.45) is 17.8 Å². The summed E-state index contributed by atoms with van der Waals surface area (Å²) in [4.78, 5) is 46.8. The molecule has 2 amide bonds. The quantitative estimate of drug-likeness (QED) is 0.200. The van der Waals surface area contributed by atoms with Crippen LogP contribution in [0.2, 0.25) is 0 Å². The van der Waals surface area contributed by atoms with Crippen molar-refractivity contribution in [2.75, 3.05) is 12.4 Å². The molecule has 11 nitrogen and oxygen atoms in total. The second-order valence-electron chi connectivity index (χ2n) is 13.4. The molecule has 2 N–H and O–H groups in total. The maximum atomic E-state index is 15.2. The first-order valence-electron chi connectivity index (χ1n) is 15.8. The second-order valence-corrected chi connectivity index (χ2v) is 15.3. The summed E-state index contributed by atoms with van der Waals surface area (Å²) in [6.45, 7) is 5.29. The molecule has 0 saturated heterocycles. The zero-order valence-corrected chi connectivity index (χ0v) is 28.5. The second kappa shape index (κ2) is 14.0. The van der Waals surface area contributed by atoms with Crippen LogP contribution in [0.4, 0.5) is 23.2 Å². The first kappa shape index (κ1) is 36.7. The van der Waals surface area contributed by atoms with Gasteiger partial charge in [0, 0.05) is 36.6 Å². The minimum Gasteiger partial charge on any atom is -0.496 e. The highest BCUT2D eigenvalue weighted by Crippen LogP contribution is 2.49. The SMILES string of the molecule is COc1cc(F)c(-c2ncc(CCC(=O)OC(C)(C)C)cn2)cc1C(=O)N[C@@H]1[C@H]2CC[C@H](C2)[C@@H]1C(=O)Nc1cccc(S(=O)(=O)C(F)(F)F)c1. The normalized spacial score (nSPS) is 20.3. The van der Waals surface area contributed by atoms with Crippen LogP contribution in [0.5, 0.6) is 5.75 Å². The van der Waals surface area contributed by atoms with Gasteiger partial charge in [-0.1, -0.05) is 6.07 Å². The van der Waals surface area contributed by atoms with Crippen molar-refractivity contribution >= 4 is 33.3 Å². The van der Waals surface area contributed by atoms with Gasteiger partial charge in [0.2, 0.25) is 5.91 Å². The predicted molar refractivity (Wildman–Crippen MR) is 172 cm³/mol. The summed E-state index contributed by atoms with van der Waals surface area (Å²) in [5.41, 5.74) is -5.82. The van der Waals surface area contributed by atoms with Gasteiger partial charge in [-0.2, -0.15) is 13.2 Å². The molecule has 2 bridgehead atoms. The Balaban J connectivity index is 1.33. The van der Waals surface area contributed by atoms with E-state index in [4.69, 9.17) is 9.47 Å².